The summed E-state index contributed by atoms with van der Waals surface area (Å²) in [4.78, 5) is 34.5. The fourth-order valence-corrected chi connectivity index (χ4v) is 1.74. The fraction of sp³-hybridized carbons (Fsp3) is 0.400. The average Bonchev–Trinajstić information content (AvgIpc) is 2.56. The first-order chi connectivity index (χ1) is 10.6. The molecule has 22 heavy (non-hydrogen) atoms. The third-order valence-electron chi connectivity index (χ3n) is 2.95. The van der Waals surface area contributed by atoms with Gasteiger partial charge in [0.2, 0.25) is 0 Å². The van der Waals surface area contributed by atoms with E-state index in [2.05, 4.69) is 20.1 Å². The number of amides is 2. The first kappa shape index (κ1) is 17.5. The summed E-state index contributed by atoms with van der Waals surface area (Å²) >= 11 is 0. The van der Waals surface area contributed by atoms with Crippen molar-refractivity contribution in [3.8, 4) is 0 Å². The highest BCUT2D eigenvalue weighted by molar-refractivity contribution is 5.84. The molecule has 1 rings (SSSR count). The summed E-state index contributed by atoms with van der Waals surface area (Å²) in [5, 5.41) is 5.12. The van der Waals surface area contributed by atoms with Gasteiger partial charge in [0.05, 0.1) is 14.2 Å². The maximum atomic E-state index is 11.8. The van der Waals surface area contributed by atoms with Crippen LogP contribution in [0, 0.1) is 0 Å². The summed E-state index contributed by atoms with van der Waals surface area (Å²) in [5.41, 5.74) is 0.932. The van der Waals surface area contributed by atoms with Crippen LogP contribution in [-0.4, -0.2) is 38.2 Å². The van der Waals surface area contributed by atoms with Gasteiger partial charge in [0.25, 0.3) is 0 Å². The summed E-state index contributed by atoms with van der Waals surface area (Å²) in [7, 11) is 2.48. The van der Waals surface area contributed by atoms with Gasteiger partial charge in [-0.1, -0.05) is 30.3 Å². The lowest BCUT2D eigenvalue weighted by molar-refractivity contribution is -0.144. The van der Waals surface area contributed by atoms with Crippen LogP contribution in [-0.2, 0) is 25.6 Å². The Hall–Kier alpha value is -2.57. The van der Waals surface area contributed by atoms with Crippen molar-refractivity contribution in [3.05, 3.63) is 35.9 Å². The van der Waals surface area contributed by atoms with Gasteiger partial charge in [0, 0.05) is 13.0 Å². The summed E-state index contributed by atoms with van der Waals surface area (Å²) in [6, 6.07) is 7.93. The number of urea groups is 1. The number of carbonyl (C=O) groups is 3. The molecule has 0 saturated carbocycles. The number of nitrogens with one attached hydrogen (secondary N) is 2. The molecule has 0 bridgehead atoms. The molecule has 2 amide bonds. The maximum Gasteiger partial charge on any atom is 0.328 e. The van der Waals surface area contributed by atoms with Crippen molar-refractivity contribution in [2.24, 2.45) is 0 Å². The largest absolute Gasteiger partial charge is 0.469 e. The third kappa shape index (κ3) is 6.25. The van der Waals surface area contributed by atoms with Gasteiger partial charge in [-0.25, -0.2) is 9.59 Å². The second-order valence-electron chi connectivity index (χ2n) is 4.50. The number of carbonyl (C=O) groups excluding carboxylic acids is 3. The van der Waals surface area contributed by atoms with E-state index in [1.165, 1.54) is 14.2 Å². The van der Waals surface area contributed by atoms with Gasteiger partial charge < -0.3 is 20.1 Å². The van der Waals surface area contributed by atoms with E-state index in [1.807, 2.05) is 30.3 Å². The molecule has 1 aromatic rings. The normalized spacial score (nSPS) is 11.2. The number of rotatable bonds is 7. The highest BCUT2D eigenvalue weighted by Gasteiger charge is 2.22. The number of hydrogen-bond acceptors (Lipinski definition) is 5. The molecule has 1 atom stereocenters. The molecule has 0 aliphatic rings. The molecule has 120 valence electrons. The van der Waals surface area contributed by atoms with E-state index in [4.69, 9.17) is 0 Å². The highest BCUT2D eigenvalue weighted by Crippen LogP contribution is 2.02. The molecular formula is C15H20N2O5. The quantitative estimate of drug-likeness (QED) is 0.732. The predicted molar refractivity (Wildman–Crippen MR) is 78.9 cm³/mol. The minimum absolute atomic E-state index is 0.00916. The molecule has 0 aliphatic carbocycles. The summed E-state index contributed by atoms with van der Waals surface area (Å²) in [5.74, 6) is -1.07. The molecular weight excluding hydrogens is 288 g/mol. The zero-order chi connectivity index (χ0) is 16.4. The van der Waals surface area contributed by atoms with Gasteiger partial charge in [0.15, 0.2) is 0 Å². The zero-order valence-corrected chi connectivity index (χ0v) is 12.6. The Labute approximate surface area is 129 Å². The number of esters is 2. The second-order valence-corrected chi connectivity index (χ2v) is 4.50. The van der Waals surface area contributed by atoms with Crippen LogP contribution in [0.2, 0.25) is 0 Å². The van der Waals surface area contributed by atoms with E-state index in [9.17, 15) is 14.4 Å². The number of ether oxygens (including phenoxy) is 2. The lowest BCUT2D eigenvalue weighted by Gasteiger charge is -2.16. The molecule has 7 nitrogen and oxygen atoms in total. The summed E-state index contributed by atoms with van der Waals surface area (Å²) in [6.07, 6.45) is 0.118. The van der Waals surface area contributed by atoms with Crippen molar-refractivity contribution >= 4 is 18.0 Å². The van der Waals surface area contributed by atoms with Crippen LogP contribution in [0.3, 0.4) is 0 Å². The number of benzene rings is 1. The van der Waals surface area contributed by atoms with E-state index >= 15 is 0 Å². The van der Waals surface area contributed by atoms with E-state index in [-0.39, 0.29) is 12.8 Å². The van der Waals surface area contributed by atoms with Gasteiger partial charge in [-0.15, -0.1) is 0 Å². The molecule has 2 N–H and O–H groups in total. The van der Waals surface area contributed by atoms with Gasteiger partial charge in [-0.2, -0.15) is 0 Å². The van der Waals surface area contributed by atoms with E-state index < -0.39 is 24.0 Å². The lowest BCUT2D eigenvalue weighted by atomic mass is 10.1. The molecule has 0 spiro atoms. The SMILES string of the molecule is COC(=O)CC[C@@H](NC(=O)NCc1ccccc1)C(=O)OC. The van der Waals surface area contributed by atoms with Crippen molar-refractivity contribution in [1.29, 1.82) is 0 Å². The Bertz CT molecular complexity index is 504. The Morgan fingerprint density at radius 2 is 1.77 bits per heavy atom. The van der Waals surface area contributed by atoms with Crippen LogP contribution in [0.15, 0.2) is 30.3 Å². The molecule has 1 aromatic carbocycles. The predicted octanol–water partition coefficient (Wildman–Crippen LogP) is 0.981. The maximum absolute atomic E-state index is 11.8. The molecule has 0 radical (unpaired) electrons. The van der Waals surface area contributed by atoms with Crippen LogP contribution in [0.1, 0.15) is 18.4 Å². The average molecular weight is 308 g/mol. The second kappa shape index (κ2) is 9.38. The van der Waals surface area contributed by atoms with Crippen molar-refractivity contribution in [2.45, 2.75) is 25.4 Å². The lowest BCUT2D eigenvalue weighted by Crippen LogP contribution is -2.46. The first-order valence-electron chi connectivity index (χ1n) is 6.79. The number of hydrogen-bond donors (Lipinski definition) is 2. The van der Waals surface area contributed by atoms with Crippen LogP contribution in [0.4, 0.5) is 4.79 Å². The smallest absolute Gasteiger partial charge is 0.328 e. The van der Waals surface area contributed by atoms with E-state index in [0.717, 1.165) is 5.56 Å². The standard InChI is InChI=1S/C15H20N2O5/c1-21-13(18)9-8-12(14(19)22-2)17-15(20)16-10-11-6-4-3-5-7-11/h3-7,12H,8-10H2,1-2H3,(H2,16,17,20)/t12-/m1/s1. The van der Waals surface area contributed by atoms with Gasteiger partial charge in [0.1, 0.15) is 6.04 Å². The molecule has 0 aliphatic heterocycles. The molecule has 0 saturated heterocycles. The topological polar surface area (TPSA) is 93.7 Å². The van der Waals surface area contributed by atoms with E-state index in [0.29, 0.717) is 6.54 Å². The van der Waals surface area contributed by atoms with Crippen LogP contribution >= 0.6 is 0 Å². The minimum atomic E-state index is -0.903. The monoisotopic (exact) mass is 308 g/mol. The van der Waals surface area contributed by atoms with Crippen molar-refractivity contribution in [2.75, 3.05) is 14.2 Å². The minimum Gasteiger partial charge on any atom is -0.469 e. The molecule has 0 aromatic heterocycles. The first-order valence-corrected chi connectivity index (χ1v) is 6.79. The Morgan fingerprint density at radius 1 is 1.09 bits per heavy atom. The molecule has 0 fully saturated rings. The molecule has 0 heterocycles. The van der Waals surface area contributed by atoms with Crippen LogP contribution in [0.5, 0.6) is 0 Å². The van der Waals surface area contributed by atoms with E-state index in [1.54, 1.807) is 0 Å². The van der Waals surface area contributed by atoms with Gasteiger partial charge >= 0.3 is 18.0 Å². The highest BCUT2D eigenvalue weighted by atomic mass is 16.5. The van der Waals surface area contributed by atoms with Crippen molar-refractivity contribution in [1.82, 2.24) is 10.6 Å². The third-order valence-corrected chi connectivity index (χ3v) is 2.95. The van der Waals surface area contributed by atoms with Crippen LogP contribution < -0.4 is 10.6 Å². The number of methoxy groups -OCH3 is 2. The Morgan fingerprint density at radius 3 is 2.36 bits per heavy atom. The molecule has 0 unspecified atom stereocenters. The Balaban J connectivity index is 2.48. The van der Waals surface area contributed by atoms with Crippen molar-refractivity contribution in [3.63, 3.8) is 0 Å². The summed E-state index contributed by atoms with van der Waals surface area (Å²) < 4.78 is 9.11. The van der Waals surface area contributed by atoms with Gasteiger partial charge in [-0.05, 0) is 12.0 Å². The summed E-state index contributed by atoms with van der Waals surface area (Å²) in [6.45, 7) is 0.331. The molecule has 7 heteroatoms. The van der Waals surface area contributed by atoms with Crippen molar-refractivity contribution < 1.29 is 23.9 Å². The van der Waals surface area contributed by atoms with Crippen LogP contribution in [0.25, 0.3) is 0 Å². The fourth-order valence-electron chi connectivity index (χ4n) is 1.74. The zero-order valence-electron chi connectivity index (χ0n) is 12.6. The Kier molecular flexibility index (Phi) is 7.45. The van der Waals surface area contributed by atoms with Gasteiger partial charge in [-0.3, -0.25) is 4.79 Å².